The van der Waals surface area contributed by atoms with Crippen LogP contribution in [0.15, 0.2) is 60.7 Å². The Hall–Kier alpha value is -2.39. The summed E-state index contributed by atoms with van der Waals surface area (Å²) in [4.78, 5) is 11.9. The van der Waals surface area contributed by atoms with Crippen LogP contribution in [-0.4, -0.2) is 17.6 Å². The molecule has 1 amide bonds. The van der Waals surface area contributed by atoms with Crippen LogP contribution in [-0.2, 0) is 4.79 Å². The van der Waals surface area contributed by atoms with E-state index in [4.69, 9.17) is 0 Å². The lowest BCUT2D eigenvalue weighted by atomic mass is 10.1. The van der Waals surface area contributed by atoms with Crippen molar-refractivity contribution in [2.75, 3.05) is 6.61 Å². The van der Waals surface area contributed by atoms with Gasteiger partial charge in [0.2, 0.25) is 5.91 Å². The summed E-state index contributed by atoms with van der Waals surface area (Å²) in [5.41, 5.74) is 3.01. The fourth-order valence-electron chi connectivity index (χ4n) is 2.09. The zero-order valence-electron chi connectivity index (χ0n) is 12.0. The summed E-state index contributed by atoms with van der Waals surface area (Å²) in [5.74, 6) is -0.223. The molecule has 0 saturated heterocycles. The Bertz CT molecular complexity index is 620. The fourth-order valence-corrected chi connectivity index (χ4v) is 2.09. The Kier molecular flexibility index (Phi) is 5.29. The average Bonchev–Trinajstić information content (AvgIpc) is 2.51. The zero-order valence-corrected chi connectivity index (χ0v) is 12.0. The fraction of sp³-hybridized carbons (Fsp3) is 0.167. The third-order valence-corrected chi connectivity index (χ3v) is 3.17. The summed E-state index contributed by atoms with van der Waals surface area (Å²) in [6, 6.07) is 16.9. The highest BCUT2D eigenvalue weighted by Gasteiger charge is 2.11. The van der Waals surface area contributed by atoms with E-state index in [1.54, 1.807) is 6.08 Å². The van der Waals surface area contributed by atoms with Crippen LogP contribution in [0.25, 0.3) is 6.08 Å². The van der Waals surface area contributed by atoms with Gasteiger partial charge < -0.3 is 10.4 Å². The van der Waals surface area contributed by atoms with E-state index in [1.807, 2.05) is 61.5 Å². The standard InChI is InChI=1S/C18H19NO2/c1-14-6-5-7-15(12-14)10-11-18(21)19-17(13-20)16-8-3-2-4-9-16/h2-12,17,20H,13H2,1H3,(H,19,21)/b11-10+/t17-/m0/s1. The molecule has 1 atom stereocenters. The second-order valence-electron chi connectivity index (χ2n) is 4.90. The van der Waals surface area contributed by atoms with Gasteiger partial charge in [-0.05, 0) is 24.1 Å². The first kappa shape index (κ1) is 15.0. The van der Waals surface area contributed by atoms with E-state index < -0.39 is 0 Å². The van der Waals surface area contributed by atoms with Crippen LogP contribution in [0.1, 0.15) is 22.7 Å². The number of aliphatic hydroxyl groups excluding tert-OH is 1. The first-order valence-corrected chi connectivity index (χ1v) is 6.90. The van der Waals surface area contributed by atoms with E-state index in [1.165, 1.54) is 6.08 Å². The summed E-state index contributed by atoms with van der Waals surface area (Å²) in [6.07, 6.45) is 3.25. The van der Waals surface area contributed by atoms with Gasteiger partial charge in [-0.2, -0.15) is 0 Å². The molecule has 3 nitrogen and oxygen atoms in total. The molecule has 0 aliphatic rings. The minimum atomic E-state index is -0.388. The van der Waals surface area contributed by atoms with Gasteiger partial charge in [-0.25, -0.2) is 0 Å². The lowest BCUT2D eigenvalue weighted by molar-refractivity contribution is -0.117. The average molecular weight is 281 g/mol. The van der Waals surface area contributed by atoms with Crippen LogP contribution in [0.5, 0.6) is 0 Å². The van der Waals surface area contributed by atoms with Crippen molar-refractivity contribution in [2.24, 2.45) is 0 Å². The summed E-state index contributed by atoms with van der Waals surface area (Å²) >= 11 is 0. The second-order valence-corrected chi connectivity index (χ2v) is 4.90. The lowest BCUT2D eigenvalue weighted by Crippen LogP contribution is -2.29. The number of hydrogen-bond donors (Lipinski definition) is 2. The number of carbonyl (C=O) groups excluding carboxylic acids is 1. The second kappa shape index (κ2) is 7.41. The van der Waals surface area contributed by atoms with Crippen molar-refractivity contribution in [3.05, 3.63) is 77.4 Å². The summed E-state index contributed by atoms with van der Waals surface area (Å²) in [5, 5.41) is 12.2. The minimum Gasteiger partial charge on any atom is -0.394 e. The molecule has 0 bridgehead atoms. The zero-order chi connectivity index (χ0) is 15.1. The normalized spacial score (nSPS) is 12.3. The van der Waals surface area contributed by atoms with Crippen LogP contribution in [0.4, 0.5) is 0 Å². The van der Waals surface area contributed by atoms with E-state index in [0.29, 0.717) is 0 Å². The van der Waals surface area contributed by atoms with E-state index in [-0.39, 0.29) is 18.6 Å². The van der Waals surface area contributed by atoms with Crippen LogP contribution in [0.2, 0.25) is 0 Å². The molecule has 2 aromatic rings. The number of carbonyl (C=O) groups is 1. The molecule has 0 aliphatic heterocycles. The summed E-state index contributed by atoms with van der Waals surface area (Å²) < 4.78 is 0. The van der Waals surface area contributed by atoms with Gasteiger partial charge in [0.1, 0.15) is 0 Å². The predicted molar refractivity (Wildman–Crippen MR) is 84.6 cm³/mol. The highest BCUT2D eigenvalue weighted by molar-refractivity contribution is 5.92. The minimum absolute atomic E-state index is 0.131. The number of aryl methyl sites for hydroxylation is 1. The van der Waals surface area contributed by atoms with Crippen molar-refractivity contribution >= 4 is 12.0 Å². The van der Waals surface area contributed by atoms with Gasteiger partial charge >= 0.3 is 0 Å². The van der Waals surface area contributed by atoms with Crippen molar-refractivity contribution < 1.29 is 9.90 Å². The van der Waals surface area contributed by atoms with Crippen molar-refractivity contribution in [2.45, 2.75) is 13.0 Å². The molecule has 2 rings (SSSR count). The summed E-state index contributed by atoms with van der Waals surface area (Å²) in [7, 11) is 0. The van der Waals surface area contributed by atoms with E-state index in [2.05, 4.69) is 5.32 Å². The van der Waals surface area contributed by atoms with Gasteiger partial charge in [-0.15, -0.1) is 0 Å². The van der Waals surface area contributed by atoms with Gasteiger partial charge in [-0.1, -0.05) is 60.2 Å². The van der Waals surface area contributed by atoms with Gasteiger partial charge in [0.25, 0.3) is 0 Å². The molecule has 108 valence electrons. The van der Waals surface area contributed by atoms with E-state index >= 15 is 0 Å². The topological polar surface area (TPSA) is 49.3 Å². The van der Waals surface area contributed by atoms with Crippen molar-refractivity contribution in [3.8, 4) is 0 Å². The first-order valence-electron chi connectivity index (χ1n) is 6.90. The number of nitrogens with one attached hydrogen (secondary N) is 1. The number of rotatable bonds is 5. The summed E-state index contributed by atoms with van der Waals surface area (Å²) in [6.45, 7) is 1.88. The monoisotopic (exact) mass is 281 g/mol. The number of aliphatic hydroxyl groups is 1. The molecule has 3 heteroatoms. The van der Waals surface area contributed by atoms with E-state index in [0.717, 1.165) is 16.7 Å². The largest absolute Gasteiger partial charge is 0.394 e. The van der Waals surface area contributed by atoms with Gasteiger partial charge in [0.05, 0.1) is 12.6 Å². The maximum atomic E-state index is 11.9. The molecule has 0 fully saturated rings. The molecule has 0 spiro atoms. The van der Waals surface area contributed by atoms with E-state index in [9.17, 15) is 9.90 Å². The third kappa shape index (κ3) is 4.58. The number of benzene rings is 2. The molecule has 0 aliphatic carbocycles. The van der Waals surface area contributed by atoms with Crippen molar-refractivity contribution in [1.29, 1.82) is 0 Å². The Morgan fingerprint density at radius 3 is 2.62 bits per heavy atom. The van der Waals surface area contributed by atoms with Crippen molar-refractivity contribution in [3.63, 3.8) is 0 Å². The Balaban J connectivity index is 2.00. The first-order chi connectivity index (χ1) is 10.2. The van der Waals surface area contributed by atoms with Crippen LogP contribution < -0.4 is 5.32 Å². The van der Waals surface area contributed by atoms with Crippen molar-refractivity contribution in [1.82, 2.24) is 5.32 Å². The van der Waals surface area contributed by atoms with Gasteiger partial charge in [-0.3, -0.25) is 4.79 Å². The molecule has 0 radical (unpaired) electrons. The van der Waals surface area contributed by atoms with Gasteiger partial charge in [0, 0.05) is 6.08 Å². The quantitative estimate of drug-likeness (QED) is 0.828. The lowest BCUT2D eigenvalue weighted by Gasteiger charge is -2.15. The Morgan fingerprint density at radius 1 is 1.19 bits per heavy atom. The molecule has 0 heterocycles. The predicted octanol–water partition coefficient (Wildman–Crippen LogP) is 2.86. The smallest absolute Gasteiger partial charge is 0.244 e. The van der Waals surface area contributed by atoms with Crippen LogP contribution >= 0.6 is 0 Å². The molecular formula is C18H19NO2. The molecule has 0 unspecified atom stereocenters. The SMILES string of the molecule is Cc1cccc(/C=C/C(=O)N[C@@H](CO)c2ccccc2)c1. The molecule has 2 aromatic carbocycles. The van der Waals surface area contributed by atoms with Crippen LogP contribution in [0.3, 0.4) is 0 Å². The molecular weight excluding hydrogens is 262 g/mol. The molecule has 2 N–H and O–H groups in total. The molecule has 0 saturated carbocycles. The molecule has 21 heavy (non-hydrogen) atoms. The highest BCUT2D eigenvalue weighted by Crippen LogP contribution is 2.11. The maximum Gasteiger partial charge on any atom is 0.244 e. The molecule has 0 aromatic heterocycles. The maximum absolute atomic E-state index is 11.9. The number of amides is 1. The highest BCUT2D eigenvalue weighted by atomic mass is 16.3. The Labute approximate surface area is 124 Å². The third-order valence-electron chi connectivity index (χ3n) is 3.17. The van der Waals surface area contributed by atoms with Crippen LogP contribution in [0, 0.1) is 6.92 Å². The Morgan fingerprint density at radius 2 is 1.95 bits per heavy atom. The van der Waals surface area contributed by atoms with Gasteiger partial charge in [0.15, 0.2) is 0 Å². The number of hydrogen-bond acceptors (Lipinski definition) is 2.